The molecule has 4 N–H and O–H groups in total. The fraction of sp³-hybridized carbons (Fsp3) is 0.407. The standard InChI is InChI=1S/C25H26F2N8O4S2.C14H19F2NO2S.C13H12N6O5S2.2CH4/c1-41(37)12-11-39-19-14-17(15(26)13-16(19)27)33-7-4-32(5-8-33)6-9-34-22-20(40-25(34)36)23-29-21(18-3-2-10-38-18)31-35(23)24(28)30-22;1-20(18)8-7-19-14-10-13(11(15)9-12(14)16)17-5-3-2-4-6-17;1-26(21,22)24-6-4-18-10-8(25-13(18)20)11-15-9(7-3-2-5-23-7)17-19(11)12(14)16-10;;/h2-3,10,13-14H,4-9,11-12H2,1H3,(H2,28,30);9-10H,2-8H2,1H3;2-3,5H,4,6H2,1H3,(H2,14,16);2*1H4. The number of nitrogen functional groups attached to an aromatic ring is 2. The molecule has 2 saturated heterocycles. The Kier molecular flexibility index (Phi) is 22.0. The van der Waals surface area contributed by atoms with Gasteiger partial charge in [0.1, 0.15) is 21.0 Å². The van der Waals surface area contributed by atoms with E-state index in [1.165, 1.54) is 44.5 Å². The van der Waals surface area contributed by atoms with Crippen molar-refractivity contribution >= 4 is 110 Å². The number of furan rings is 2. The smallest absolute Gasteiger partial charge is 0.309 e. The quantitative estimate of drug-likeness (QED) is 0.0644. The summed E-state index contributed by atoms with van der Waals surface area (Å²) >= 11 is 1.95. The number of benzene rings is 2. The van der Waals surface area contributed by atoms with Crippen molar-refractivity contribution in [2.24, 2.45) is 0 Å². The molecule has 0 aliphatic carbocycles. The van der Waals surface area contributed by atoms with Crippen molar-refractivity contribution in [2.45, 2.75) is 47.2 Å². The minimum absolute atomic E-state index is 0. The minimum Gasteiger partial charge on any atom is -0.489 e. The van der Waals surface area contributed by atoms with Gasteiger partial charge in [0, 0.05) is 111 Å². The van der Waals surface area contributed by atoms with Crippen LogP contribution in [0.15, 0.2) is 79.5 Å². The van der Waals surface area contributed by atoms with Gasteiger partial charge in [-0.15, -0.1) is 10.2 Å². The molecule has 10 aromatic rings. The molecule has 2 aromatic carbocycles. The number of ether oxygens (including phenoxy) is 2. The third-order valence-corrected chi connectivity index (χ3v) is 17.6. The summed E-state index contributed by atoms with van der Waals surface area (Å²) in [6.07, 6.45) is 10.2. The third-order valence-electron chi connectivity index (χ3n) is 13.6. The Labute approximate surface area is 519 Å². The van der Waals surface area contributed by atoms with Crippen LogP contribution in [0.1, 0.15) is 34.1 Å². The van der Waals surface area contributed by atoms with Gasteiger partial charge < -0.3 is 39.6 Å². The van der Waals surface area contributed by atoms with Gasteiger partial charge in [-0.3, -0.25) is 36.2 Å². The first-order valence-electron chi connectivity index (χ1n) is 26.8. The highest BCUT2D eigenvalue weighted by Gasteiger charge is 2.26. The first-order chi connectivity index (χ1) is 41.7. The molecule has 26 nitrogen and oxygen atoms in total. The second kappa shape index (κ2) is 29.2. The first-order valence-corrected chi connectivity index (χ1v) is 33.7. The molecule has 0 radical (unpaired) electrons. The Morgan fingerprint density at radius 2 is 1.04 bits per heavy atom. The van der Waals surface area contributed by atoms with E-state index in [9.17, 15) is 44.0 Å². The average Bonchev–Trinajstić information content (AvgIpc) is 1.66. The summed E-state index contributed by atoms with van der Waals surface area (Å²) in [4.78, 5) is 48.2. The van der Waals surface area contributed by atoms with Crippen molar-refractivity contribution < 1.29 is 56.9 Å². The zero-order chi connectivity index (χ0) is 61.7. The second-order valence-corrected chi connectivity index (χ2v) is 26.4. The van der Waals surface area contributed by atoms with E-state index < -0.39 is 55.0 Å². The molecule has 10 heterocycles. The fourth-order valence-corrected chi connectivity index (χ4v) is 12.3. The van der Waals surface area contributed by atoms with E-state index in [0.717, 1.165) is 73.4 Å². The number of aromatic nitrogens is 10. The monoisotopic (exact) mass is 1340 g/mol. The Morgan fingerprint density at radius 3 is 1.47 bits per heavy atom. The van der Waals surface area contributed by atoms with Gasteiger partial charge in [-0.2, -0.15) is 27.4 Å². The molecular weight excluding hydrogens is 1270 g/mol. The average molecular weight is 1340 g/mol. The lowest BCUT2D eigenvalue weighted by Gasteiger charge is -2.36. The van der Waals surface area contributed by atoms with Crippen LogP contribution < -0.4 is 40.5 Å². The largest absolute Gasteiger partial charge is 0.489 e. The number of rotatable bonds is 19. The van der Waals surface area contributed by atoms with Gasteiger partial charge in [0.25, 0.3) is 10.1 Å². The van der Waals surface area contributed by atoms with Crippen molar-refractivity contribution in [3.63, 3.8) is 0 Å². The van der Waals surface area contributed by atoms with Gasteiger partial charge in [-0.1, -0.05) is 37.5 Å². The summed E-state index contributed by atoms with van der Waals surface area (Å²) in [5.74, 6) is -0.479. The molecule has 8 aromatic heterocycles. The predicted molar refractivity (Wildman–Crippen MR) is 336 cm³/mol. The predicted octanol–water partition coefficient (Wildman–Crippen LogP) is 6.50. The van der Waals surface area contributed by atoms with Crippen LogP contribution in [0.25, 0.3) is 55.2 Å². The Hall–Kier alpha value is -7.83. The molecule has 0 amide bonds. The number of hydrogen-bond donors (Lipinski definition) is 2. The lowest BCUT2D eigenvalue weighted by Crippen LogP contribution is -2.47. The number of piperazine rings is 1. The van der Waals surface area contributed by atoms with E-state index in [4.69, 9.17) is 29.8 Å². The number of nitrogens with two attached hydrogens (primary N) is 2. The molecule has 480 valence electrons. The van der Waals surface area contributed by atoms with Crippen molar-refractivity contribution in [3.8, 4) is 34.7 Å². The molecule has 89 heavy (non-hydrogen) atoms. The maximum atomic E-state index is 14.6. The second-order valence-electron chi connectivity index (χ2n) is 19.7. The number of nitrogens with zero attached hydrogens (tertiary/aromatic N) is 13. The van der Waals surface area contributed by atoms with Gasteiger partial charge in [0.05, 0.1) is 68.0 Å². The van der Waals surface area contributed by atoms with Crippen LogP contribution in [0.4, 0.5) is 40.8 Å². The van der Waals surface area contributed by atoms with E-state index in [1.807, 2.05) is 9.80 Å². The van der Waals surface area contributed by atoms with E-state index in [0.29, 0.717) is 106 Å². The molecule has 12 rings (SSSR count). The van der Waals surface area contributed by atoms with Gasteiger partial charge in [0.15, 0.2) is 57.2 Å². The number of halogens is 4. The summed E-state index contributed by atoms with van der Waals surface area (Å²) in [5, 5.41) is 8.63. The van der Waals surface area contributed by atoms with Crippen LogP contribution in [0.5, 0.6) is 11.5 Å². The number of anilines is 4. The Balaban J connectivity index is 0.000000184. The van der Waals surface area contributed by atoms with Gasteiger partial charge in [-0.05, 0) is 43.5 Å². The normalized spacial score (nSPS) is 14.5. The van der Waals surface area contributed by atoms with Crippen LogP contribution in [-0.2, 0) is 49.0 Å². The van der Waals surface area contributed by atoms with Gasteiger partial charge >= 0.3 is 9.75 Å². The molecule has 2 aliphatic rings. The van der Waals surface area contributed by atoms with E-state index >= 15 is 0 Å². The topological polar surface area (TPSA) is 314 Å². The fourth-order valence-electron chi connectivity index (χ4n) is 9.42. The highest BCUT2D eigenvalue weighted by Crippen LogP contribution is 2.33. The molecule has 2 unspecified atom stereocenters. The van der Waals surface area contributed by atoms with Crippen molar-refractivity contribution in [1.82, 2.24) is 53.2 Å². The van der Waals surface area contributed by atoms with E-state index in [2.05, 4.69) is 39.2 Å². The SMILES string of the molecule is C.C.CS(=O)(=O)OCCn1c(=O)sc2c1nc(N)n1nc(-c3ccco3)nc21.CS(=O)CCOc1cc(N2CCCCC2)c(F)cc1F.CS(=O)CCOc1cc(N2CCN(CCn3c(=O)sc4c3nc(N)n3nc(-c5ccco5)nc43)CC2)c(F)cc1F. The summed E-state index contributed by atoms with van der Waals surface area (Å²) < 4.78 is 133. The molecule has 0 bridgehead atoms. The lowest BCUT2D eigenvalue weighted by molar-refractivity contribution is 0.247. The van der Waals surface area contributed by atoms with Crippen LogP contribution in [0.3, 0.4) is 0 Å². The number of hydrogen-bond acceptors (Lipinski definition) is 24. The van der Waals surface area contributed by atoms with Crippen LogP contribution in [0.2, 0.25) is 0 Å². The molecule has 2 atom stereocenters. The minimum atomic E-state index is -3.60. The third kappa shape index (κ3) is 15.8. The van der Waals surface area contributed by atoms with Crippen LogP contribution >= 0.6 is 22.7 Å². The maximum Gasteiger partial charge on any atom is 0.309 e. The van der Waals surface area contributed by atoms with Gasteiger partial charge in [-0.25, -0.2) is 27.5 Å². The van der Waals surface area contributed by atoms with Crippen LogP contribution in [0, 0.1) is 23.3 Å². The Morgan fingerprint density at radius 1 is 0.596 bits per heavy atom. The summed E-state index contributed by atoms with van der Waals surface area (Å²) in [6, 6.07) is 11.3. The molecule has 35 heteroatoms. The highest BCUT2D eigenvalue weighted by molar-refractivity contribution is 7.86. The zero-order valence-corrected chi connectivity index (χ0v) is 50.9. The lowest BCUT2D eigenvalue weighted by atomic mass is 10.1. The number of piperidine rings is 1. The van der Waals surface area contributed by atoms with Crippen molar-refractivity contribution in [3.05, 3.63) is 104 Å². The number of fused-ring (bicyclic) bond motifs is 6. The summed E-state index contributed by atoms with van der Waals surface area (Å²) in [5.41, 5.74) is 14.3. The summed E-state index contributed by atoms with van der Waals surface area (Å²) in [6.45, 7) is 4.76. The van der Waals surface area contributed by atoms with E-state index in [-0.39, 0.29) is 85.8 Å². The number of thiazole rings is 2. The van der Waals surface area contributed by atoms with Crippen LogP contribution in [-0.4, -0.2) is 166 Å². The molecule has 2 fully saturated rings. The maximum absolute atomic E-state index is 14.6. The molecule has 0 spiro atoms. The first kappa shape index (κ1) is 67.1. The van der Waals surface area contributed by atoms with Crippen molar-refractivity contribution in [2.75, 3.05) is 117 Å². The molecular formula is C54H65F4N15O11S5. The molecule has 0 saturated carbocycles. The highest BCUT2D eigenvalue weighted by atomic mass is 32.2. The summed E-state index contributed by atoms with van der Waals surface area (Å²) in [7, 11) is -5.67. The molecule has 2 aliphatic heterocycles. The zero-order valence-electron chi connectivity index (χ0n) is 46.8. The van der Waals surface area contributed by atoms with E-state index in [1.54, 1.807) is 35.1 Å². The Bertz CT molecular complexity index is 4370. The van der Waals surface area contributed by atoms with Gasteiger partial charge in [0.2, 0.25) is 23.5 Å². The van der Waals surface area contributed by atoms with Crippen molar-refractivity contribution in [1.29, 1.82) is 0 Å².